The molecule has 0 bridgehead atoms. The van der Waals surface area contributed by atoms with Crippen LogP contribution in [0.25, 0.3) is 0 Å². The van der Waals surface area contributed by atoms with Crippen LogP contribution in [0.2, 0.25) is 0 Å². The molecule has 1 atom stereocenters. The van der Waals surface area contributed by atoms with Crippen LogP contribution >= 0.6 is 27.7 Å². The van der Waals surface area contributed by atoms with Crippen LogP contribution in [0, 0.1) is 13.8 Å². The summed E-state index contributed by atoms with van der Waals surface area (Å²) in [4.78, 5) is 4.64. The third-order valence-electron chi connectivity index (χ3n) is 4.60. The number of benzene rings is 2. The lowest BCUT2D eigenvalue weighted by molar-refractivity contribution is 0.156. The highest BCUT2D eigenvalue weighted by Crippen LogP contribution is 2.47. The molecule has 1 aromatic heterocycles. The molecule has 134 valence electrons. The Balaban J connectivity index is 1.62. The molecule has 0 fully saturated rings. The van der Waals surface area contributed by atoms with Crippen molar-refractivity contribution in [2.75, 3.05) is 11.4 Å². The summed E-state index contributed by atoms with van der Waals surface area (Å²) in [6.45, 7) is 4.96. The summed E-state index contributed by atoms with van der Waals surface area (Å²) in [5.41, 5.74) is 4.27. The minimum atomic E-state index is -0.538. The van der Waals surface area contributed by atoms with Gasteiger partial charge in [-0.05, 0) is 54.0 Å². The highest BCUT2D eigenvalue weighted by molar-refractivity contribution is 9.10. The number of aliphatic hydroxyl groups is 1. The Morgan fingerprint density at radius 2 is 1.58 bits per heavy atom. The number of halogens is 1. The first-order valence-electron chi connectivity index (χ1n) is 8.55. The highest BCUT2D eigenvalue weighted by atomic mass is 79.9. The molecule has 1 aliphatic rings. The minimum absolute atomic E-state index is 0.465. The molecule has 0 unspecified atom stereocenters. The minimum Gasteiger partial charge on any atom is -0.389 e. The van der Waals surface area contributed by atoms with Crippen LogP contribution < -0.4 is 4.90 Å². The van der Waals surface area contributed by atoms with E-state index in [0.717, 1.165) is 27.2 Å². The van der Waals surface area contributed by atoms with E-state index >= 15 is 0 Å². The van der Waals surface area contributed by atoms with Gasteiger partial charge in [0.05, 0.1) is 40.7 Å². The molecule has 26 heavy (non-hydrogen) atoms. The van der Waals surface area contributed by atoms with Crippen molar-refractivity contribution in [2.24, 2.45) is 0 Å². The number of hydrogen-bond acceptors (Lipinski definition) is 4. The summed E-state index contributed by atoms with van der Waals surface area (Å²) < 4.78 is 2.88. The van der Waals surface area contributed by atoms with E-state index in [2.05, 4.69) is 62.3 Å². The molecule has 0 saturated heterocycles. The largest absolute Gasteiger partial charge is 0.389 e. The van der Waals surface area contributed by atoms with Crippen molar-refractivity contribution in [1.82, 2.24) is 9.78 Å². The predicted octanol–water partition coefficient (Wildman–Crippen LogP) is 4.93. The molecule has 0 saturated carbocycles. The fraction of sp³-hybridized carbons (Fsp3) is 0.250. The van der Waals surface area contributed by atoms with Gasteiger partial charge in [0.1, 0.15) is 0 Å². The number of nitrogens with zero attached hydrogens (tertiary/aromatic N) is 3. The second-order valence-electron chi connectivity index (χ2n) is 6.47. The topological polar surface area (TPSA) is 41.3 Å². The van der Waals surface area contributed by atoms with E-state index in [1.54, 1.807) is 11.8 Å². The molecule has 0 amide bonds. The number of aromatic nitrogens is 2. The third-order valence-corrected chi connectivity index (χ3v) is 6.88. The first kappa shape index (κ1) is 17.6. The predicted molar refractivity (Wildman–Crippen MR) is 109 cm³/mol. The SMILES string of the molecule is Cc1nn(C[C@H](O)CN2c3ccccc3Sc3ccccc32)c(C)c1Br. The molecule has 1 N–H and O–H groups in total. The number of fused-ring (bicyclic) bond motifs is 2. The van der Waals surface area contributed by atoms with Crippen molar-refractivity contribution < 1.29 is 5.11 Å². The summed E-state index contributed by atoms with van der Waals surface area (Å²) >= 11 is 5.33. The smallest absolute Gasteiger partial charge is 0.0914 e. The lowest BCUT2D eigenvalue weighted by Gasteiger charge is -2.34. The average molecular weight is 430 g/mol. The van der Waals surface area contributed by atoms with Crippen LogP contribution in [0.5, 0.6) is 0 Å². The van der Waals surface area contributed by atoms with E-state index in [1.807, 2.05) is 30.7 Å². The molecule has 4 nitrogen and oxygen atoms in total. The summed E-state index contributed by atoms with van der Waals surface area (Å²) in [5.74, 6) is 0. The van der Waals surface area contributed by atoms with Crippen LogP contribution in [0.15, 0.2) is 62.8 Å². The normalized spacial score (nSPS) is 14.1. The Kier molecular flexibility index (Phi) is 4.82. The zero-order valence-corrected chi connectivity index (χ0v) is 17.1. The number of aliphatic hydroxyl groups excluding tert-OH is 1. The van der Waals surface area contributed by atoms with Gasteiger partial charge in [0.25, 0.3) is 0 Å². The van der Waals surface area contributed by atoms with Gasteiger partial charge >= 0.3 is 0 Å². The van der Waals surface area contributed by atoms with Gasteiger partial charge in [-0.2, -0.15) is 5.10 Å². The first-order valence-corrected chi connectivity index (χ1v) is 10.2. The Hall–Kier alpha value is -1.76. The van der Waals surface area contributed by atoms with Crippen LogP contribution in [0.3, 0.4) is 0 Å². The van der Waals surface area contributed by atoms with Crippen molar-refractivity contribution >= 4 is 39.1 Å². The second kappa shape index (κ2) is 7.10. The van der Waals surface area contributed by atoms with E-state index in [4.69, 9.17) is 0 Å². The maximum atomic E-state index is 10.8. The average Bonchev–Trinajstić information content (AvgIpc) is 2.88. The zero-order chi connectivity index (χ0) is 18.3. The standard InChI is InChI=1S/C20H20BrN3OS/c1-13-20(21)14(2)24(22-13)12-15(25)11-23-16-7-3-5-9-18(16)26-19-10-6-4-8-17(19)23/h3-10,15,25H,11-12H2,1-2H3/t15-/m1/s1. The van der Waals surface area contributed by atoms with Crippen molar-refractivity contribution in [2.45, 2.75) is 36.3 Å². The lowest BCUT2D eigenvalue weighted by Crippen LogP contribution is -2.33. The molecule has 2 aromatic carbocycles. The molecular weight excluding hydrogens is 410 g/mol. The monoisotopic (exact) mass is 429 g/mol. The van der Waals surface area contributed by atoms with E-state index < -0.39 is 6.10 Å². The van der Waals surface area contributed by atoms with Crippen molar-refractivity contribution in [3.8, 4) is 0 Å². The van der Waals surface area contributed by atoms with Gasteiger partial charge in [-0.25, -0.2) is 0 Å². The summed E-state index contributed by atoms with van der Waals surface area (Å²) in [5, 5.41) is 15.3. The third kappa shape index (κ3) is 3.17. The summed E-state index contributed by atoms with van der Waals surface area (Å²) in [6, 6.07) is 16.7. The van der Waals surface area contributed by atoms with Crippen LogP contribution in [-0.2, 0) is 6.54 Å². The highest BCUT2D eigenvalue weighted by Gasteiger charge is 2.25. The number of aryl methyl sites for hydroxylation is 1. The Morgan fingerprint density at radius 3 is 2.12 bits per heavy atom. The molecule has 2 heterocycles. The van der Waals surface area contributed by atoms with Gasteiger partial charge in [0, 0.05) is 15.5 Å². The van der Waals surface area contributed by atoms with E-state index in [1.165, 1.54) is 9.79 Å². The quantitative estimate of drug-likeness (QED) is 0.638. The van der Waals surface area contributed by atoms with E-state index in [9.17, 15) is 5.11 Å². The van der Waals surface area contributed by atoms with Crippen molar-refractivity contribution in [3.05, 3.63) is 64.4 Å². The fourth-order valence-electron chi connectivity index (χ4n) is 3.30. The number of para-hydroxylation sites is 2. The second-order valence-corrected chi connectivity index (χ2v) is 8.35. The number of rotatable bonds is 4. The van der Waals surface area contributed by atoms with Gasteiger partial charge in [-0.1, -0.05) is 36.0 Å². The van der Waals surface area contributed by atoms with Gasteiger partial charge in [-0.15, -0.1) is 0 Å². The Labute approximate surface area is 166 Å². The van der Waals surface area contributed by atoms with Gasteiger partial charge < -0.3 is 10.0 Å². The molecule has 3 aromatic rings. The Bertz CT molecular complexity index is 910. The Morgan fingerprint density at radius 1 is 1.00 bits per heavy atom. The summed E-state index contributed by atoms with van der Waals surface area (Å²) in [6.07, 6.45) is -0.538. The number of β-amino-alcohol motifs (C(OH)–C–C–N with tert-alkyl or cyclic N) is 1. The van der Waals surface area contributed by atoms with E-state index in [0.29, 0.717) is 13.1 Å². The van der Waals surface area contributed by atoms with Crippen LogP contribution in [0.1, 0.15) is 11.4 Å². The molecular formula is C20H20BrN3OS. The summed E-state index contributed by atoms with van der Waals surface area (Å²) in [7, 11) is 0. The molecule has 0 spiro atoms. The van der Waals surface area contributed by atoms with Crippen LogP contribution in [-0.4, -0.2) is 27.5 Å². The molecule has 0 radical (unpaired) electrons. The molecule has 6 heteroatoms. The molecule has 4 rings (SSSR count). The van der Waals surface area contributed by atoms with Gasteiger partial charge in [0.2, 0.25) is 0 Å². The molecule has 0 aliphatic carbocycles. The van der Waals surface area contributed by atoms with Gasteiger partial charge in [-0.3, -0.25) is 4.68 Å². The lowest BCUT2D eigenvalue weighted by atomic mass is 10.2. The fourth-order valence-corrected chi connectivity index (χ4v) is 4.68. The zero-order valence-electron chi connectivity index (χ0n) is 14.7. The van der Waals surface area contributed by atoms with Crippen molar-refractivity contribution in [1.29, 1.82) is 0 Å². The number of anilines is 2. The van der Waals surface area contributed by atoms with E-state index in [-0.39, 0.29) is 0 Å². The van der Waals surface area contributed by atoms with Gasteiger partial charge in [0.15, 0.2) is 0 Å². The maximum Gasteiger partial charge on any atom is 0.0914 e. The first-order chi connectivity index (χ1) is 12.5. The molecule has 1 aliphatic heterocycles. The van der Waals surface area contributed by atoms with Crippen LogP contribution in [0.4, 0.5) is 11.4 Å². The number of hydrogen-bond donors (Lipinski definition) is 1. The van der Waals surface area contributed by atoms with Crippen molar-refractivity contribution in [3.63, 3.8) is 0 Å². The maximum absolute atomic E-state index is 10.8.